The monoisotopic (exact) mass is 615 g/mol. The predicted octanol–water partition coefficient (Wildman–Crippen LogP) is 4.04. The van der Waals surface area contributed by atoms with Crippen LogP contribution in [0.1, 0.15) is 77.1 Å². The maximum Gasteiger partial charge on any atom is 0.318 e. The number of benzene rings is 1. The third kappa shape index (κ3) is 4.99. The summed E-state index contributed by atoms with van der Waals surface area (Å²) in [5.74, 6) is 0.714. The molecule has 2 fully saturated rings. The summed E-state index contributed by atoms with van der Waals surface area (Å²) in [4.78, 5) is 28.9. The molecular weight excluding hydrogens is 573 g/mol. The lowest BCUT2D eigenvalue weighted by molar-refractivity contribution is -0.0855. The SMILES string of the molecule is CN(C)C(=O)c1cc2n(n1)CCCN(c1nc(OC[C@@]34CCCN3C[C@H](F)C4)nc3c1COC1(CCCc4ccccc41)C3)C2. The minimum Gasteiger partial charge on any atom is -0.461 e. The van der Waals surface area contributed by atoms with E-state index in [1.54, 1.807) is 19.0 Å². The van der Waals surface area contributed by atoms with Gasteiger partial charge in [-0.1, -0.05) is 24.3 Å². The van der Waals surface area contributed by atoms with E-state index in [9.17, 15) is 9.18 Å². The van der Waals surface area contributed by atoms with Crippen LogP contribution in [-0.4, -0.2) is 87.5 Å². The molecule has 1 amide bonds. The molecule has 0 radical (unpaired) electrons. The van der Waals surface area contributed by atoms with Crippen molar-refractivity contribution < 1.29 is 18.7 Å². The van der Waals surface area contributed by atoms with Gasteiger partial charge in [-0.05, 0) is 62.3 Å². The molecule has 1 unspecified atom stereocenters. The highest BCUT2D eigenvalue weighted by Gasteiger charge is 2.50. The Morgan fingerprint density at radius 3 is 2.91 bits per heavy atom. The molecule has 8 rings (SSSR count). The molecule has 0 saturated carbocycles. The Labute approximate surface area is 263 Å². The predicted molar refractivity (Wildman–Crippen MR) is 166 cm³/mol. The van der Waals surface area contributed by atoms with Crippen LogP contribution in [0.25, 0.3) is 0 Å². The average molecular weight is 616 g/mol. The second kappa shape index (κ2) is 11.0. The van der Waals surface area contributed by atoms with Crippen molar-refractivity contribution >= 4 is 11.7 Å². The van der Waals surface area contributed by atoms with Gasteiger partial charge in [0, 0.05) is 52.1 Å². The van der Waals surface area contributed by atoms with Crippen LogP contribution in [0, 0.1) is 0 Å². The maximum absolute atomic E-state index is 14.5. The van der Waals surface area contributed by atoms with Gasteiger partial charge in [0.05, 0.1) is 35.7 Å². The Morgan fingerprint density at radius 1 is 1.13 bits per heavy atom. The number of hydrogen-bond donors (Lipinski definition) is 0. The smallest absolute Gasteiger partial charge is 0.318 e. The van der Waals surface area contributed by atoms with E-state index in [0.717, 1.165) is 80.9 Å². The first kappa shape index (κ1) is 28.9. The van der Waals surface area contributed by atoms with Gasteiger partial charge >= 0.3 is 6.01 Å². The molecule has 3 atom stereocenters. The number of alkyl halides is 1. The van der Waals surface area contributed by atoms with Crippen LogP contribution in [-0.2, 0) is 42.9 Å². The number of aryl methyl sites for hydroxylation is 2. The fourth-order valence-electron chi connectivity index (χ4n) is 8.49. The van der Waals surface area contributed by atoms with Crippen LogP contribution >= 0.6 is 0 Å². The lowest BCUT2D eigenvalue weighted by Gasteiger charge is -2.43. The Balaban J connectivity index is 1.15. The van der Waals surface area contributed by atoms with E-state index in [0.29, 0.717) is 50.8 Å². The molecule has 0 N–H and O–H groups in total. The Kier molecular flexibility index (Phi) is 7.09. The maximum atomic E-state index is 14.5. The van der Waals surface area contributed by atoms with Gasteiger partial charge in [0.1, 0.15) is 18.6 Å². The number of aromatic nitrogens is 4. The van der Waals surface area contributed by atoms with Gasteiger partial charge in [-0.15, -0.1) is 0 Å². The topological polar surface area (TPSA) is 88.9 Å². The first-order chi connectivity index (χ1) is 21.8. The summed E-state index contributed by atoms with van der Waals surface area (Å²) >= 11 is 0. The fourth-order valence-corrected chi connectivity index (χ4v) is 8.49. The first-order valence-corrected chi connectivity index (χ1v) is 16.5. The molecule has 2 saturated heterocycles. The third-order valence-corrected chi connectivity index (χ3v) is 10.7. The summed E-state index contributed by atoms with van der Waals surface area (Å²) in [5, 5.41) is 4.63. The van der Waals surface area contributed by atoms with Crippen molar-refractivity contribution in [2.75, 3.05) is 45.2 Å². The van der Waals surface area contributed by atoms with Gasteiger partial charge in [-0.3, -0.25) is 14.4 Å². The zero-order valence-corrected chi connectivity index (χ0v) is 26.3. The molecular formula is C34H42FN7O3. The molecule has 10 nitrogen and oxygen atoms in total. The number of carbonyl (C=O) groups excluding carboxylic acids is 1. The van der Waals surface area contributed by atoms with Gasteiger partial charge in [0.25, 0.3) is 5.91 Å². The second-order valence-electron chi connectivity index (χ2n) is 13.8. The van der Waals surface area contributed by atoms with Crippen molar-refractivity contribution in [3.8, 4) is 6.01 Å². The molecule has 6 heterocycles. The summed E-state index contributed by atoms with van der Waals surface area (Å²) in [6.45, 7) is 4.27. The number of nitrogens with zero attached hydrogens (tertiary/aromatic N) is 7. The number of anilines is 1. The third-order valence-electron chi connectivity index (χ3n) is 10.7. The van der Waals surface area contributed by atoms with Crippen molar-refractivity contribution in [1.29, 1.82) is 0 Å². The zero-order chi connectivity index (χ0) is 30.8. The molecule has 5 aliphatic rings. The molecule has 0 bridgehead atoms. The summed E-state index contributed by atoms with van der Waals surface area (Å²) in [6, 6.07) is 10.9. The van der Waals surface area contributed by atoms with Crippen molar-refractivity contribution in [2.45, 2.75) is 88.4 Å². The lowest BCUT2D eigenvalue weighted by Crippen LogP contribution is -2.44. The highest BCUT2D eigenvalue weighted by atomic mass is 19.1. The van der Waals surface area contributed by atoms with Crippen molar-refractivity contribution in [3.63, 3.8) is 0 Å². The van der Waals surface area contributed by atoms with Gasteiger partial charge in [0.15, 0.2) is 5.69 Å². The zero-order valence-electron chi connectivity index (χ0n) is 26.3. The Bertz CT molecular complexity index is 1630. The molecule has 11 heteroatoms. The molecule has 2 aromatic heterocycles. The average Bonchev–Trinajstić information content (AvgIpc) is 3.66. The van der Waals surface area contributed by atoms with Crippen molar-refractivity contribution in [2.24, 2.45) is 0 Å². The van der Waals surface area contributed by atoms with E-state index in [1.807, 2.05) is 10.7 Å². The van der Waals surface area contributed by atoms with E-state index in [4.69, 9.17) is 19.4 Å². The Morgan fingerprint density at radius 2 is 2.02 bits per heavy atom. The van der Waals surface area contributed by atoms with Gasteiger partial charge < -0.3 is 19.3 Å². The molecule has 1 aromatic carbocycles. The standard InChI is InChI=1S/C34H42FN7O3/c1-39(2)31(43)28-16-25-20-40(13-7-15-42(25)38-28)30-26-21-45-34(12-5-9-23-8-3-4-10-27(23)34)18-29(26)36-32(37-30)44-22-33-11-6-14-41(33)19-24(35)17-33/h3-4,8,10,16,24H,5-7,9,11-15,17-22H2,1-2H3/t24-,33+,34?/m1/s1. The van der Waals surface area contributed by atoms with E-state index in [2.05, 4.69) is 39.2 Å². The van der Waals surface area contributed by atoms with E-state index < -0.39 is 11.8 Å². The minimum absolute atomic E-state index is 0.105. The molecule has 1 spiro atoms. The summed E-state index contributed by atoms with van der Waals surface area (Å²) in [5.41, 5.74) is 5.31. The first-order valence-electron chi connectivity index (χ1n) is 16.5. The molecule has 3 aromatic rings. The van der Waals surface area contributed by atoms with E-state index >= 15 is 0 Å². The number of fused-ring (bicyclic) bond motifs is 5. The number of amides is 1. The van der Waals surface area contributed by atoms with Crippen molar-refractivity contribution in [3.05, 3.63) is 64.1 Å². The van der Waals surface area contributed by atoms with Crippen LogP contribution in [0.5, 0.6) is 6.01 Å². The van der Waals surface area contributed by atoms with Gasteiger partial charge in [-0.25, -0.2) is 4.39 Å². The summed E-state index contributed by atoms with van der Waals surface area (Å²) in [6.07, 6.45) is 6.27. The van der Waals surface area contributed by atoms with Crippen LogP contribution in [0.15, 0.2) is 30.3 Å². The van der Waals surface area contributed by atoms with Crippen LogP contribution in [0.4, 0.5) is 10.2 Å². The molecule has 4 aliphatic heterocycles. The number of ether oxygens (including phenoxy) is 2. The van der Waals surface area contributed by atoms with Crippen LogP contribution in [0.3, 0.4) is 0 Å². The molecule has 1 aliphatic carbocycles. The van der Waals surface area contributed by atoms with Gasteiger partial charge in [-0.2, -0.15) is 15.1 Å². The quantitative estimate of drug-likeness (QED) is 0.425. The minimum atomic E-state index is -0.816. The number of halogens is 1. The van der Waals surface area contributed by atoms with E-state index in [1.165, 1.54) is 11.1 Å². The van der Waals surface area contributed by atoms with E-state index in [-0.39, 0.29) is 11.4 Å². The number of rotatable bonds is 5. The largest absolute Gasteiger partial charge is 0.461 e. The fraction of sp³-hybridized carbons (Fsp3) is 0.588. The highest BCUT2D eigenvalue weighted by molar-refractivity contribution is 5.92. The molecule has 45 heavy (non-hydrogen) atoms. The number of carbonyl (C=O) groups is 1. The second-order valence-corrected chi connectivity index (χ2v) is 13.8. The normalized spacial score (nSPS) is 27.4. The Hall–Kier alpha value is -3.57. The highest BCUT2D eigenvalue weighted by Crippen LogP contribution is 2.46. The van der Waals surface area contributed by atoms with Crippen molar-refractivity contribution in [1.82, 2.24) is 29.5 Å². The summed E-state index contributed by atoms with van der Waals surface area (Å²) in [7, 11) is 3.49. The molecule has 238 valence electrons. The lowest BCUT2D eigenvalue weighted by atomic mass is 9.75. The number of hydrogen-bond acceptors (Lipinski definition) is 8. The van der Waals surface area contributed by atoms with Crippen LogP contribution < -0.4 is 9.64 Å². The van der Waals surface area contributed by atoms with Crippen LogP contribution in [0.2, 0.25) is 0 Å². The van der Waals surface area contributed by atoms with Gasteiger partial charge in [0.2, 0.25) is 0 Å². The summed E-state index contributed by atoms with van der Waals surface area (Å²) < 4.78 is 29.8.